The van der Waals surface area contributed by atoms with E-state index in [9.17, 15) is 17.6 Å². The Balaban J connectivity index is 3.10. The molecule has 0 aliphatic carbocycles. The van der Waals surface area contributed by atoms with Crippen LogP contribution in [-0.4, -0.2) is 26.0 Å². The number of carboxylic acids is 1. The first-order chi connectivity index (χ1) is 8.24. The van der Waals surface area contributed by atoms with Crippen molar-refractivity contribution in [3.63, 3.8) is 0 Å². The molecule has 5 nitrogen and oxygen atoms in total. The SMILES string of the molecule is C=C(Br)CNS(=O)(=O)c1ccc(C(=O)O)cc1F. The summed E-state index contributed by atoms with van der Waals surface area (Å²) >= 11 is 2.96. The summed E-state index contributed by atoms with van der Waals surface area (Å²) in [4.78, 5) is 9.97. The summed E-state index contributed by atoms with van der Waals surface area (Å²) in [7, 11) is -4.04. The molecule has 0 amide bonds. The Morgan fingerprint density at radius 3 is 2.56 bits per heavy atom. The lowest BCUT2D eigenvalue weighted by atomic mass is 10.2. The number of halogens is 2. The molecule has 2 N–H and O–H groups in total. The molecular weight excluding hydrogens is 329 g/mol. The number of carboxylic acid groups (broad SMARTS) is 1. The van der Waals surface area contributed by atoms with Gasteiger partial charge in [0.05, 0.1) is 5.56 Å². The summed E-state index contributed by atoms with van der Waals surface area (Å²) in [5, 5.41) is 8.63. The molecule has 0 radical (unpaired) electrons. The molecule has 0 bridgehead atoms. The van der Waals surface area contributed by atoms with E-state index in [0.717, 1.165) is 12.1 Å². The van der Waals surface area contributed by atoms with Crippen LogP contribution in [0.1, 0.15) is 10.4 Å². The number of hydrogen-bond donors (Lipinski definition) is 2. The average Bonchev–Trinajstić information content (AvgIpc) is 2.26. The van der Waals surface area contributed by atoms with Gasteiger partial charge in [-0.25, -0.2) is 22.3 Å². The molecule has 98 valence electrons. The first kappa shape index (κ1) is 14.8. The predicted molar refractivity (Wildman–Crippen MR) is 66.6 cm³/mol. The Morgan fingerprint density at radius 1 is 1.50 bits per heavy atom. The van der Waals surface area contributed by atoms with Crippen molar-refractivity contribution in [3.8, 4) is 0 Å². The summed E-state index contributed by atoms with van der Waals surface area (Å²) in [6.45, 7) is 3.34. The number of nitrogens with one attached hydrogen (secondary N) is 1. The molecular formula is C10H9BrFNO4S. The van der Waals surface area contributed by atoms with E-state index in [4.69, 9.17) is 5.11 Å². The highest BCUT2D eigenvalue weighted by Crippen LogP contribution is 2.16. The highest BCUT2D eigenvalue weighted by atomic mass is 79.9. The zero-order valence-corrected chi connectivity index (χ0v) is 11.4. The van der Waals surface area contributed by atoms with Gasteiger partial charge in [-0.1, -0.05) is 22.5 Å². The summed E-state index contributed by atoms with van der Waals surface area (Å²) in [5.74, 6) is -2.46. The Labute approximate surface area is 112 Å². The standard InChI is InChI=1S/C10H9BrFNO4S/c1-6(11)5-13-18(16,17)9-3-2-7(10(14)15)4-8(9)12/h2-4,13H,1,5H2,(H,14,15). The molecule has 0 aliphatic heterocycles. The molecule has 0 saturated heterocycles. The quantitative estimate of drug-likeness (QED) is 0.856. The molecule has 0 fully saturated rings. The monoisotopic (exact) mass is 337 g/mol. The fourth-order valence-corrected chi connectivity index (χ4v) is 2.51. The zero-order chi connectivity index (χ0) is 13.9. The van der Waals surface area contributed by atoms with Crippen LogP contribution in [0.4, 0.5) is 4.39 Å². The Morgan fingerprint density at radius 2 is 2.11 bits per heavy atom. The second kappa shape index (κ2) is 5.59. The van der Waals surface area contributed by atoms with E-state index in [0.29, 0.717) is 10.5 Å². The van der Waals surface area contributed by atoms with Crippen molar-refractivity contribution in [2.75, 3.05) is 6.54 Å². The average molecular weight is 338 g/mol. The maximum absolute atomic E-state index is 13.5. The van der Waals surface area contributed by atoms with Gasteiger partial charge in [-0.05, 0) is 18.2 Å². The van der Waals surface area contributed by atoms with Gasteiger partial charge in [-0.15, -0.1) is 0 Å². The number of sulfonamides is 1. The van der Waals surface area contributed by atoms with Crippen LogP contribution in [0.2, 0.25) is 0 Å². The lowest BCUT2D eigenvalue weighted by molar-refractivity contribution is 0.0696. The lowest BCUT2D eigenvalue weighted by Gasteiger charge is -2.07. The van der Waals surface area contributed by atoms with E-state index < -0.39 is 26.7 Å². The van der Waals surface area contributed by atoms with Gasteiger partial charge >= 0.3 is 5.97 Å². The van der Waals surface area contributed by atoms with Gasteiger partial charge in [0.25, 0.3) is 0 Å². The van der Waals surface area contributed by atoms with Crippen molar-refractivity contribution >= 4 is 31.9 Å². The Bertz CT molecular complexity index is 600. The predicted octanol–water partition coefficient (Wildman–Crippen LogP) is 1.71. The van der Waals surface area contributed by atoms with E-state index in [-0.39, 0.29) is 12.1 Å². The van der Waals surface area contributed by atoms with Crippen molar-refractivity contribution in [1.29, 1.82) is 0 Å². The first-order valence-electron chi connectivity index (χ1n) is 4.60. The number of hydrogen-bond acceptors (Lipinski definition) is 3. The number of carbonyl (C=O) groups is 1. The van der Waals surface area contributed by atoms with Gasteiger partial charge in [0.2, 0.25) is 10.0 Å². The van der Waals surface area contributed by atoms with Crippen LogP contribution < -0.4 is 4.72 Å². The maximum atomic E-state index is 13.5. The number of benzene rings is 1. The topological polar surface area (TPSA) is 83.5 Å². The largest absolute Gasteiger partial charge is 0.478 e. The third-order valence-electron chi connectivity index (χ3n) is 1.92. The van der Waals surface area contributed by atoms with Gasteiger partial charge in [0, 0.05) is 11.0 Å². The minimum atomic E-state index is -4.04. The van der Waals surface area contributed by atoms with Crippen molar-refractivity contribution < 1.29 is 22.7 Å². The highest BCUT2D eigenvalue weighted by molar-refractivity contribution is 9.11. The van der Waals surface area contributed by atoms with E-state index in [1.54, 1.807) is 0 Å². The third-order valence-corrected chi connectivity index (χ3v) is 3.64. The minimum Gasteiger partial charge on any atom is -0.478 e. The van der Waals surface area contributed by atoms with Gasteiger partial charge in [-0.2, -0.15) is 0 Å². The van der Waals surface area contributed by atoms with Gasteiger partial charge in [0.15, 0.2) is 0 Å². The Hall–Kier alpha value is -1.25. The Kier molecular flexibility index (Phi) is 4.60. The summed E-state index contributed by atoms with van der Waals surface area (Å²) in [6.07, 6.45) is 0. The molecule has 0 aromatic heterocycles. The zero-order valence-electron chi connectivity index (χ0n) is 8.98. The van der Waals surface area contributed by atoms with E-state index in [1.165, 1.54) is 0 Å². The second-order valence-corrected chi connectivity index (χ2v) is 6.15. The van der Waals surface area contributed by atoms with Crippen molar-refractivity contribution in [1.82, 2.24) is 4.72 Å². The van der Waals surface area contributed by atoms with Gasteiger partial charge in [0.1, 0.15) is 10.7 Å². The molecule has 18 heavy (non-hydrogen) atoms. The molecule has 1 aromatic carbocycles. The van der Waals surface area contributed by atoms with Crippen LogP contribution in [0.3, 0.4) is 0 Å². The van der Waals surface area contributed by atoms with Gasteiger partial charge < -0.3 is 5.11 Å². The molecule has 0 aliphatic rings. The van der Waals surface area contributed by atoms with Crippen LogP contribution in [0, 0.1) is 5.82 Å². The smallest absolute Gasteiger partial charge is 0.335 e. The molecule has 8 heteroatoms. The first-order valence-corrected chi connectivity index (χ1v) is 6.87. The van der Waals surface area contributed by atoms with Crippen LogP contribution >= 0.6 is 15.9 Å². The van der Waals surface area contributed by atoms with Crippen molar-refractivity contribution in [2.45, 2.75) is 4.90 Å². The molecule has 0 unspecified atom stereocenters. The number of aromatic carboxylic acids is 1. The second-order valence-electron chi connectivity index (χ2n) is 3.29. The minimum absolute atomic E-state index is 0.0948. The van der Waals surface area contributed by atoms with E-state index in [1.807, 2.05) is 0 Å². The van der Waals surface area contributed by atoms with Crippen LogP contribution in [0.5, 0.6) is 0 Å². The van der Waals surface area contributed by atoms with E-state index in [2.05, 4.69) is 27.2 Å². The van der Waals surface area contributed by atoms with Crippen molar-refractivity contribution in [3.05, 3.63) is 40.6 Å². The van der Waals surface area contributed by atoms with Gasteiger partial charge in [-0.3, -0.25) is 0 Å². The fourth-order valence-electron chi connectivity index (χ4n) is 1.10. The molecule has 0 atom stereocenters. The normalized spacial score (nSPS) is 11.2. The van der Waals surface area contributed by atoms with E-state index >= 15 is 0 Å². The van der Waals surface area contributed by atoms with Crippen molar-refractivity contribution in [2.24, 2.45) is 0 Å². The molecule has 0 spiro atoms. The van der Waals surface area contributed by atoms with Crippen LogP contribution in [0.15, 0.2) is 34.2 Å². The summed E-state index contributed by atoms with van der Waals surface area (Å²) in [5.41, 5.74) is -0.323. The molecule has 1 rings (SSSR count). The molecule has 0 heterocycles. The summed E-state index contributed by atoms with van der Waals surface area (Å²) < 4.78 is 39.4. The molecule has 0 saturated carbocycles. The third kappa shape index (κ3) is 3.62. The van der Waals surface area contributed by atoms with Crippen LogP contribution in [-0.2, 0) is 10.0 Å². The fraction of sp³-hybridized carbons (Fsp3) is 0.100. The molecule has 1 aromatic rings. The lowest BCUT2D eigenvalue weighted by Crippen LogP contribution is -2.25. The van der Waals surface area contributed by atoms with Crippen LogP contribution in [0.25, 0.3) is 0 Å². The summed E-state index contributed by atoms with van der Waals surface area (Å²) in [6, 6.07) is 2.57. The number of rotatable bonds is 5. The highest BCUT2D eigenvalue weighted by Gasteiger charge is 2.20. The maximum Gasteiger partial charge on any atom is 0.335 e.